The van der Waals surface area contributed by atoms with Crippen molar-refractivity contribution in [3.05, 3.63) is 30.5 Å². The van der Waals surface area contributed by atoms with Crippen molar-refractivity contribution in [2.24, 2.45) is 5.92 Å². The zero-order valence-electron chi connectivity index (χ0n) is 13.2. The zero-order chi connectivity index (χ0) is 17.7. The third kappa shape index (κ3) is 3.72. The van der Waals surface area contributed by atoms with Crippen LogP contribution >= 0.6 is 0 Å². The lowest BCUT2D eigenvalue weighted by Gasteiger charge is -2.25. The predicted molar refractivity (Wildman–Crippen MR) is 86.6 cm³/mol. The van der Waals surface area contributed by atoms with Crippen molar-refractivity contribution < 1.29 is 24.7 Å². The fourth-order valence-electron chi connectivity index (χ4n) is 2.67. The maximum Gasteiger partial charge on any atom is 0.304 e. The summed E-state index contributed by atoms with van der Waals surface area (Å²) >= 11 is 0. The smallest absolute Gasteiger partial charge is 0.304 e. The van der Waals surface area contributed by atoms with E-state index in [1.807, 2.05) is 24.3 Å². The standard InChI is InChI=1S/C16H19N3O5/c1-2-19(13-9-17-12-6-4-3-5-11(12)13)16(23)10(8-15(21)22)7-14(20)18-24/h3-6,9-10,17,24H,2,7-8H2,1H3,(H,18,20)(H,21,22). The lowest BCUT2D eigenvalue weighted by molar-refractivity contribution is -0.142. The molecule has 0 bridgehead atoms. The van der Waals surface area contributed by atoms with Gasteiger partial charge in [-0.3, -0.25) is 19.6 Å². The number of nitrogens with one attached hydrogen (secondary N) is 2. The highest BCUT2D eigenvalue weighted by Gasteiger charge is 2.30. The molecule has 1 unspecified atom stereocenters. The fourth-order valence-corrected chi connectivity index (χ4v) is 2.67. The number of benzene rings is 1. The molecule has 0 aliphatic heterocycles. The molecule has 0 aliphatic carbocycles. The Morgan fingerprint density at radius 3 is 2.58 bits per heavy atom. The number of nitrogens with zero attached hydrogens (tertiary/aromatic N) is 1. The van der Waals surface area contributed by atoms with E-state index in [1.54, 1.807) is 13.1 Å². The van der Waals surface area contributed by atoms with Gasteiger partial charge in [0.15, 0.2) is 0 Å². The zero-order valence-corrected chi connectivity index (χ0v) is 13.2. The summed E-state index contributed by atoms with van der Waals surface area (Å²) in [5, 5.41) is 18.5. The minimum atomic E-state index is -1.19. The van der Waals surface area contributed by atoms with Crippen molar-refractivity contribution in [1.29, 1.82) is 0 Å². The number of hydroxylamine groups is 1. The van der Waals surface area contributed by atoms with Crippen LogP contribution in [0.3, 0.4) is 0 Å². The molecule has 0 radical (unpaired) electrons. The van der Waals surface area contributed by atoms with E-state index in [4.69, 9.17) is 10.3 Å². The van der Waals surface area contributed by atoms with Crippen LogP contribution in [0.15, 0.2) is 30.5 Å². The third-order valence-corrected chi connectivity index (χ3v) is 3.77. The summed E-state index contributed by atoms with van der Waals surface area (Å²) in [5.74, 6) is -3.53. The summed E-state index contributed by atoms with van der Waals surface area (Å²) in [6.07, 6.45) is 0.779. The molecular weight excluding hydrogens is 314 g/mol. The second-order valence-electron chi connectivity index (χ2n) is 5.34. The van der Waals surface area contributed by atoms with Gasteiger partial charge in [-0.2, -0.15) is 0 Å². The quantitative estimate of drug-likeness (QED) is 0.452. The number of aromatic nitrogens is 1. The van der Waals surface area contributed by atoms with E-state index >= 15 is 0 Å². The Labute approximate surface area is 138 Å². The van der Waals surface area contributed by atoms with Gasteiger partial charge in [-0.25, -0.2) is 5.48 Å². The number of carbonyl (C=O) groups excluding carboxylic acids is 2. The second-order valence-corrected chi connectivity index (χ2v) is 5.34. The summed E-state index contributed by atoms with van der Waals surface area (Å²) in [7, 11) is 0. The molecule has 0 saturated heterocycles. The molecule has 128 valence electrons. The molecule has 0 aliphatic rings. The number of fused-ring (bicyclic) bond motifs is 1. The maximum atomic E-state index is 12.8. The van der Waals surface area contributed by atoms with E-state index in [-0.39, 0.29) is 0 Å². The highest BCUT2D eigenvalue weighted by atomic mass is 16.5. The van der Waals surface area contributed by atoms with E-state index < -0.39 is 36.5 Å². The first-order chi connectivity index (χ1) is 11.5. The Balaban J connectivity index is 2.34. The van der Waals surface area contributed by atoms with Crippen LogP contribution in [0.4, 0.5) is 5.69 Å². The molecule has 1 heterocycles. The molecule has 4 N–H and O–H groups in total. The van der Waals surface area contributed by atoms with Crippen molar-refractivity contribution in [3.8, 4) is 0 Å². The van der Waals surface area contributed by atoms with E-state index in [0.717, 1.165) is 10.9 Å². The SMILES string of the molecule is CCN(C(=O)C(CC(=O)O)CC(=O)NO)c1c[nH]c2ccccc12. The number of hydrogen-bond donors (Lipinski definition) is 4. The molecule has 2 rings (SSSR count). The molecule has 2 aromatic rings. The number of carboxylic acid groups (broad SMARTS) is 1. The van der Waals surface area contributed by atoms with E-state index in [9.17, 15) is 14.4 Å². The van der Waals surface area contributed by atoms with Crippen LogP contribution in [0.1, 0.15) is 19.8 Å². The molecule has 8 heteroatoms. The maximum absolute atomic E-state index is 12.8. The molecule has 8 nitrogen and oxygen atoms in total. The molecule has 0 saturated carbocycles. The van der Waals surface area contributed by atoms with Crippen LogP contribution in [0.25, 0.3) is 10.9 Å². The number of aliphatic carboxylic acids is 1. The lowest BCUT2D eigenvalue weighted by atomic mass is 9.98. The van der Waals surface area contributed by atoms with E-state index in [2.05, 4.69) is 4.98 Å². The molecular formula is C16H19N3O5. The van der Waals surface area contributed by atoms with Gasteiger partial charge >= 0.3 is 5.97 Å². The van der Waals surface area contributed by atoms with Crippen LogP contribution in [0.5, 0.6) is 0 Å². The molecule has 1 aromatic carbocycles. The Bertz CT molecular complexity index is 755. The van der Waals surface area contributed by atoms with Gasteiger partial charge < -0.3 is 15.0 Å². The topological polar surface area (TPSA) is 123 Å². The molecule has 2 amide bonds. The van der Waals surface area contributed by atoms with Gasteiger partial charge in [-0.05, 0) is 13.0 Å². The summed E-state index contributed by atoms with van der Waals surface area (Å²) in [4.78, 5) is 39.7. The number of H-pyrrole nitrogens is 1. The van der Waals surface area contributed by atoms with Gasteiger partial charge in [-0.1, -0.05) is 18.2 Å². The Morgan fingerprint density at radius 1 is 1.25 bits per heavy atom. The lowest BCUT2D eigenvalue weighted by Crippen LogP contribution is -2.39. The number of amides is 2. The average Bonchev–Trinajstić information content (AvgIpc) is 2.98. The second kappa shape index (κ2) is 7.60. The number of anilines is 1. The monoisotopic (exact) mass is 333 g/mol. The molecule has 1 aromatic heterocycles. The summed E-state index contributed by atoms with van der Waals surface area (Å²) < 4.78 is 0. The predicted octanol–water partition coefficient (Wildman–Crippen LogP) is 1.51. The van der Waals surface area contributed by atoms with Crippen LogP contribution in [0.2, 0.25) is 0 Å². The third-order valence-electron chi connectivity index (χ3n) is 3.77. The van der Waals surface area contributed by atoms with Gasteiger partial charge in [0.25, 0.3) is 0 Å². The van der Waals surface area contributed by atoms with Crippen molar-refractivity contribution in [1.82, 2.24) is 10.5 Å². The first-order valence-corrected chi connectivity index (χ1v) is 7.50. The minimum absolute atomic E-state index is 0.317. The molecule has 0 fully saturated rings. The van der Waals surface area contributed by atoms with Gasteiger partial charge in [0.05, 0.1) is 18.0 Å². The normalized spacial score (nSPS) is 11.9. The highest BCUT2D eigenvalue weighted by Crippen LogP contribution is 2.28. The van der Waals surface area contributed by atoms with Crippen molar-refractivity contribution >= 4 is 34.4 Å². The van der Waals surface area contributed by atoms with Crippen LogP contribution in [-0.2, 0) is 14.4 Å². The van der Waals surface area contributed by atoms with Gasteiger partial charge in [-0.15, -0.1) is 0 Å². The van der Waals surface area contributed by atoms with E-state index in [0.29, 0.717) is 12.2 Å². The summed E-state index contributed by atoms with van der Waals surface area (Å²) in [5.41, 5.74) is 2.91. The van der Waals surface area contributed by atoms with Crippen LogP contribution < -0.4 is 10.4 Å². The summed E-state index contributed by atoms with van der Waals surface area (Å²) in [6.45, 7) is 2.08. The van der Waals surface area contributed by atoms with Gasteiger partial charge in [0.1, 0.15) is 0 Å². The molecule has 1 atom stereocenters. The fraction of sp³-hybridized carbons (Fsp3) is 0.312. The van der Waals surface area contributed by atoms with Crippen molar-refractivity contribution in [3.63, 3.8) is 0 Å². The largest absolute Gasteiger partial charge is 0.481 e. The Hall–Kier alpha value is -2.87. The number of hydrogen-bond acceptors (Lipinski definition) is 4. The molecule has 0 spiro atoms. The molecule has 24 heavy (non-hydrogen) atoms. The van der Waals surface area contributed by atoms with Gasteiger partial charge in [0, 0.05) is 30.1 Å². The first kappa shape index (κ1) is 17.5. The summed E-state index contributed by atoms with van der Waals surface area (Å²) in [6, 6.07) is 7.42. The Morgan fingerprint density at radius 2 is 1.96 bits per heavy atom. The average molecular weight is 333 g/mol. The number of rotatable bonds is 7. The van der Waals surface area contributed by atoms with E-state index in [1.165, 1.54) is 10.4 Å². The first-order valence-electron chi connectivity index (χ1n) is 7.50. The van der Waals surface area contributed by atoms with Crippen LogP contribution in [0, 0.1) is 5.92 Å². The van der Waals surface area contributed by atoms with Gasteiger partial charge in [0.2, 0.25) is 11.8 Å². The van der Waals surface area contributed by atoms with Crippen LogP contribution in [-0.4, -0.2) is 39.6 Å². The Kier molecular flexibility index (Phi) is 5.54. The van der Waals surface area contributed by atoms with Crippen molar-refractivity contribution in [2.45, 2.75) is 19.8 Å². The van der Waals surface area contributed by atoms with Crippen molar-refractivity contribution in [2.75, 3.05) is 11.4 Å². The minimum Gasteiger partial charge on any atom is -0.481 e. The number of carbonyl (C=O) groups is 3. The number of carboxylic acids is 1. The number of aromatic amines is 1. The number of para-hydroxylation sites is 1. The highest BCUT2D eigenvalue weighted by molar-refractivity contribution is 6.05.